The number of ether oxygens (including phenoxy) is 1. The van der Waals surface area contributed by atoms with Gasteiger partial charge in [-0.2, -0.15) is 0 Å². The molecule has 2 N–H and O–H groups in total. The lowest BCUT2D eigenvalue weighted by Crippen LogP contribution is -2.45. The molecule has 0 bridgehead atoms. The Labute approximate surface area is 241 Å². The number of aliphatic hydroxyl groups is 1. The number of aryl methyl sites for hydroxylation is 1. The molecule has 1 spiro atoms. The third-order valence-corrected chi connectivity index (χ3v) is 12.2. The SMILES string of the molecule is C[C@H]1[C@H]([Si](C)(C)O)[C@@H](CC(=O)N2CCC[C@H]2CO)O[C@]12C(=O)N(C)c1ccc(N3C(=O)CCc4ccccc43)cc12. The van der Waals surface area contributed by atoms with Crippen LogP contribution in [-0.2, 0) is 31.1 Å². The van der Waals surface area contributed by atoms with Gasteiger partial charge in [-0.05, 0) is 62.2 Å². The number of hydrogen-bond donors (Lipinski definition) is 2. The molecular formula is C31H39N3O6Si. The quantitative estimate of drug-likeness (QED) is 0.527. The number of aliphatic hydroxyl groups excluding tert-OH is 1. The lowest BCUT2D eigenvalue weighted by Gasteiger charge is -2.33. The van der Waals surface area contributed by atoms with Crippen molar-refractivity contribution in [3.8, 4) is 0 Å². The topological polar surface area (TPSA) is 111 Å². The molecule has 0 saturated carbocycles. The van der Waals surface area contributed by atoms with Crippen LogP contribution in [0.3, 0.4) is 0 Å². The van der Waals surface area contributed by atoms with Crippen molar-refractivity contribution < 1.29 is 29.0 Å². The Hall–Kier alpha value is -3.05. The number of nitrogens with zero attached hydrogens (tertiary/aromatic N) is 3. The van der Waals surface area contributed by atoms with Gasteiger partial charge in [0.05, 0.1) is 36.5 Å². The first-order valence-corrected chi connectivity index (χ1v) is 17.7. The van der Waals surface area contributed by atoms with Crippen LogP contribution < -0.4 is 9.80 Å². The van der Waals surface area contributed by atoms with Crippen LogP contribution in [0.25, 0.3) is 0 Å². The van der Waals surface area contributed by atoms with Gasteiger partial charge in [-0.3, -0.25) is 19.3 Å². The molecule has 10 heteroatoms. The van der Waals surface area contributed by atoms with Crippen LogP contribution in [0.2, 0.25) is 18.6 Å². The van der Waals surface area contributed by atoms with Crippen molar-refractivity contribution in [2.24, 2.45) is 5.92 Å². The number of likely N-dealkylation sites (N-methyl/N-ethyl adjacent to an activating group) is 1. The van der Waals surface area contributed by atoms with Gasteiger partial charge in [-0.25, -0.2) is 0 Å². The maximum atomic E-state index is 14.1. The summed E-state index contributed by atoms with van der Waals surface area (Å²) < 4.78 is 6.78. The zero-order chi connectivity index (χ0) is 29.3. The molecule has 0 unspecified atom stereocenters. The van der Waals surface area contributed by atoms with Crippen LogP contribution in [0.15, 0.2) is 42.5 Å². The zero-order valence-corrected chi connectivity index (χ0v) is 25.2. The highest BCUT2D eigenvalue weighted by atomic mass is 28.4. The molecule has 2 aromatic carbocycles. The average Bonchev–Trinajstić information content (AvgIpc) is 3.59. The predicted octanol–water partition coefficient (Wildman–Crippen LogP) is 3.45. The van der Waals surface area contributed by atoms with E-state index < -0.39 is 25.9 Å². The van der Waals surface area contributed by atoms with Gasteiger partial charge in [0, 0.05) is 42.7 Å². The van der Waals surface area contributed by atoms with Crippen molar-refractivity contribution in [3.05, 3.63) is 53.6 Å². The minimum Gasteiger partial charge on any atom is -0.432 e. The van der Waals surface area contributed by atoms with Gasteiger partial charge in [0.15, 0.2) is 13.9 Å². The van der Waals surface area contributed by atoms with Gasteiger partial charge in [-0.1, -0.05) is 25.1 Å². The van der Waals surface area contributed by atoms with Crippen molar-refractivity contribution in [1.29, 1.82) is 0 Å². The standard InChI is InChI=1S/C31H39N3O6Si/c1-19-29(41(3,4)39)26(17-28(37)33-15-7-9-22(33)18-35)40-31(19)23-16-21(12-13-25(23)32(2)30(31)38)34-24-10-6-5-8-20(24)11-14-27(34)36/h5-6,8,10,12-13,16,19,22,26,29,35,39H,7,9,11,14-15,17-18H2,1-4H3/t19-,22-,26+,29-,31+/m0/s1. The number of likely N-dealkylation sites (tertiary alicyclic amines) is 1. The van der Waals surface area contributed by atoms with Crippen LogP contribution in [0.1, 0.15) is 43.7 Å². The second kappa shape index (κ2) is 10.0. The summed E-state index contributed by atoms with van der Waals surface area (Å²) in [6, 6.07) is 13.3. The normalized spacial score (nSPS) is 29.5. The van der Waals surface area contributed by atoms with E-state index in [1.165, 1.54) is 0 Å². The lowest BCUT2D eigenvalue weighted by atomic mass is 9.82. The molecule has 6 rings (SSSR count). The monoisotopic (exact) mass is 577 g/mol. The van der Waals surface area contributed by atoms with Gasteiger partial charge >= 0.3 is 0 Å². The molecule has 41 heavy (non-hydrogen) atoms. The maximum Gasteiger partial charge on any atom is 0.264 e. The average molecular weight is 578 g/mol. The van der Waals surface area contributed by atoms with E-state index in [-0.39, 0.29) is 42.3 Å². The first-order valence-electron chi connectivity index (χ1n) is 14.6. The molecule has 3 amide bonds. The molecule has 2 aromatic rings. The summed E-state index contributed by atoms with van der Waals surface area (Å²) in [6.45, 7) is 6.12. The molecule has 2 fully saturated rings. The molecule has 9 nitrogen and oxygen atoms in total. The summed E-state index contributed by atoms with van der Waals surface area (Å²) >= 11 is 0. The summed E-state index contributed by atoms with van der Waals surface area (Å²) in [5.74, 6) is -0.766. The van der Waals surface area contributed by atoms with Crippen molar-refractivity contribution in [3.63, 3.8) is 0 Å². The Morgan fingerprint density at radius 2 is 1.88 bits per heavy atom. The van der Waals surface area contributed by atoms with Crippen LogP contribution in [-0.4, -0.2) is 73.2 Å². The molecule has 218 valence electrons. The number of amides is 3. The van der Waals surface area contributed by atoms with E-state index in [2.05, 4.69) is 0 Å². The van der Waals surface area contributed by atoms with Gasteiger partial charge in [0.25, 0.3) is 5.91 Å². The molecule has 4 heterocycles. The highest BCUT2D eigenvalue weighted by Gasteiger charge is 2.66. The van der Waals surface area contributed by atoms with E-state index in [1.54, 1.807) is 21.7 Å². The summed E-state index contributed by atoms with van der Waals surface area (Å²) in [6.07, 6.45) is 2.05. The van der Waals surface area contributed by atoms with Crippen molar-refractivity contribution in [1.82, 2.24) is 4.90 Å². The smallest absolute Gasteiger partial charge is 0.264 e. The van der Waals surface area contributed by atoms with Gasteiger partial charge < -0.3 is 24.4 Å². The van der Waals surface area contributed by atoms with E-state index in [4.69, 9.17) is 4.74 Å². The Morgan fingerprint density at radius 3 is 2.61 bits per heavy atom. The molecule has 4 aliphatic rings. The van der Waals surface area contributed by atoms with E-state index in [9.17, 15) is 24.3 Å². The van der Waals surface area contributed by atoms with E-state index in [0.717, 1.165) is 24.1 Å². The number of hydrogen-bond acceptors (Lipinski definition) is 6. The third-order valence-electron chi connectivity index (χ3n) is 9.73. The number of carbonyl (C=O) groups excluding carboxylic acids is 3. The van der Waals surface area contributed by atoms with Crippen LogP contribution in [0, 0.1) is 5.92 Å². The van der Waals surface area contributed by atoms with E-state index >= 15 is 0 Å². The zero-order valence-electron chi connectivity index (χ0n) is 24.2. The van der Waals surface area contributed by atoms with E-state index in [0.29, 0.717) is 36.3 Å². The fourth-order valence-electron chi connectivity index (χ4n) is 7.86. The minimum absolute atomic E-state index is 0.00920. The number of rotatable bonds is 5. The first-order chi connectivity index (χ1) is 19.5. The minimum atomic E-state index is -2.93. The summed E-state index contributed by atoms with van der Waals surface area (Å²) in [4.78, 5) is 57.4. The fourth-order valence-corrected chi connectivity index (χ4v) is 10.4. The maximum absolute atomic E-state index is 14.1. The largest absolute Gasteiger partial charge is 0.432 e. The van der Waals surface area contributed by atoms with Crippen LogP contribution in [0.4, 0.5) is 17.1 Å². The lowest BCUT2D eigenvalue weighted by molar-refractivity contribution is -0.149. The third kappa shape index (κ3) is 4.26. The second-order valence-corrected chi connectivity index (χ2v) is 16.5. The Kier molecular flexibility index (Phi) is 6.88. The Morgan fingerprint density at radius 1 is 1.12 bits per heavy atom. The summed E-state index contributed by atoms with van der Waals surface area (Å²) in [5.41, 5.74) is 2.19. The molecule has 0 aliphatic carbocycles. The van der Waals surface area contributed by atoms with Crippen molar-refractivity contribution in [2.45, 2.75) is 75.4 Å². The molecular weight excluding hydrogens is 538 g/mol. The highest BCUT2D eigenvalue weighted by molar-refractivity contribution is 6.71. The molecule has 5 atom stereocenters. The molecule has 2 saturated heterocycles. The summed E-state index contributed by atoms with van der Waals surface area (Å²) in [7, 11) is -1.21. The van der Waals surface area contributed by atoms with Crippen molar-refractivity contribution in [2.75, 3.05) is 30.0 Å². The van der Waals surface area contributed by atoms with Crippen LogP contribution >= 0.6 is 0 Å². The number of anilines is 3. The number of para-hydroxylation sites is 1. The molecule has 4 aliphatic heterocycles. The van der Waals surface area contributed by atoms with Gasteiger partial charge in [0.1, 0.15) is 0 Å². The Bertz CT molecular complexity index is 1410. The summed E-state index contributed by atoms with van der Waals surface area (Å²) in [5, 5.41) is 9.79. The van der Waals surface area contributed by atoms with E-state index in [1.807, 2.05) is 62.5 Å². The highest BCUT2D eigenvalue weighted by Crippen LogP contribution is 2.60. The van der Waals surface area contributed by atoms with Crippen LogP contribution in [0.5, 0.6) is 0 Å². The Balaban J connectivity index is 1.42. The van der Waals surface area contributed by atoms with Crippen molar-refractivity contribution >= 4 is 43.1 Å². The fraction of sp³-hybridized carbons (Fsp3) is 0.516. The van der Waals surface area contributed by atoms with Gasteiger partial charge in [0.2, 0.25) is 11.8 Å². The number of fused-ring (bicyclic) bond motifs is 3. The predicted molar refractivity (Wildman–Crippen MR) is 157 cm³/mol. The first kappa shape index (κ1) is 28.1. The second-order valence-electron chi connectivity index (χ2n) is 12.6. The molecule has 0 radical (unpaired) electrons. The number of carbonyl (C=O) groups is 3. The van der Waals surface area contributed by atoms with Gasteiger partial charge in [-0.15, -0.1) is 0 Å². The molecule has 0 aromatic heterocycles. The number of benzene rings is 2.